The predicted octanol–water partition coefficient (Wildman–Crippen LogP) is 0.288. The first-order chi connectivity index (χ1) is 8.10. The minimum absolute atomic E-state index is 0.116. The Labute approximate surface area is 100 Å². The third kappa shape index (κ3) is 3.74. The van der Waals surface area contributed by atoms with Crippen LogP contribution in [0.25, 0.3) is 0 Å². The zero-order chi connectivity index (χ0) is 12.8. The Hall–Kier alpha value is -1.01. The van der Waals surface area contributed by atoms with Crippen molar-refractivity contribution in [1.82, 2.24) is 5.32 Å². The minimum atomic E-state index is -1.08. The molecule has 1 aromatic carbocycles. The topological polar surface area (TPSA) is 78.5 Å². The van der Waals surface area contributed by atoms with Gasteiger partial charge in [-0.25, -0.2) is 4.39 Å². The van der Waals surface area contributed by atoms with Gasteiger partial charge < -0.3 is 21.3 Å². The highest BCUT2D eigenvalue weighted by molar-refractivity contribution is 5.26. The molecule has 0 radical (unpaired) electrons. The van der Waals surface area contributed by atoms with E-state index in [9.17, 15) is 14.6 Å². The van der Waals surface area contributed by atoms with E-state index in [1.807, 2.05) is 0 Å². The summed E-state index contributed by atoms with van der Waals surface area (Å²) in [7, 11) is 1.76. The summed E-state index contributed by atoms with van der Waals surface area (Å²) in [4.78, 5) is 0. The Kier molecular flexibility index (Phi) is 5.50. The molecule has 0 heterocycles. The highest BCUT2D eigenvalue weighted by atomic mass is 19.1. The molecule has 4 nitrogen and oxygen atoms in total. The summed E-state index contributed by atoms with van der Waals surface area (Å²) in [6.45, 7) is 0.701. The number of aliphatic hydroxyl groups is 2. The summed E-state index contributed by atoms with van der Waals surface area (Å²) in [5, 5.41) is 22.4. The minimum Gasteiger partial charge on any atom is -0.390 e. The molecule has 0 aliphatic heterocycles. The SMILES string of the molecule is CNCCC(O)C(O)c1ccc(CN)c(F)c1. The fraction of sp³-hybridized carbons (Fsp3) is 0.500. The molecule has 0 saturated carbocycles. The van der Waals surface area contributed by atoms with Crippen molar-refractivity contribution in [2.24, 2.45) is 5.73 Å². The van der Waals surface area contributed by atoms with Crippen LogP contribution in [0.1, 0.15) is 23.7 Å². The molecule has 96 valence electrons. The molecule has 0 bridgehead atoms. The first kappa shape index (κ1) is 14.1. The predicted molar refractivity (Wildman–Crippen MR) is 63.8 cm³/mol. The summed E-state index contributed by atoms with van der Waals surface area (Å²) in [6.07, 6.45) is -1.59. The van der Waals surface area contributed by atoms with Crippen molar-refractivity contribution in [3.05, 3.63) is 35.1 Å². The molecule has 5 heteroatoms. The number of aliphatic hydroxyl groups excluding tert-OH is 2. The summed E-state index contributed by atoms with van der Waals surface area (Å²) in [5.74, 6) is -0.454. The molecule has 2 atom stereocenters. The molecule has 0 amide bonds. The van der Waals surface area contributed by atoms with E-state index in [4.69, 9.17) is 5.73 Å². The lowest BCUT2D eigenvalue weighted by Crippen LogP contribution is -2.23. The lowest BCUT2D eigenvalue weighted by Gasteiger charge is -2.18. The van der Waals surface area contributed by atoms with Crippen LogP contribution in [-0.2, 0) is 6.54 Å². The smallest absolute Gasteiger partial charge is 0.128 e. The van der Waals surface area contributed by atoms with E-state index >= 15 is 0 Å². The van der Waals surface area contributed by atoms with Gasteiger partial charge in [0.2, 0.25) is 0 Å². The molecular formula is C12H19FN2O2. The normalized spacial score (nSPS) is 14.6. The number of benzene rings is 1. The van der Waals surface area contributed by atoms with E-state index < -0.39 is 18.0 Å². The molecule has 0 aromatic heterocycles. The van der Waals surface area contributed by atoms with Crippen molar-refractivity contribution in [3.8, 4) is 0 Å². The molecule has 0 fully saturated rings. The van der Waals surface area contributed by atoms with Crippen molar-refractivity contribution in [2.75, 3.05) is 13.6 Å². The Bertz CT molecular complexity index is 360. The largest absolute Gasteiger partial charge is 0.390 e. The second kappa shape index (κ2) is 6.66. The quantitative estimate of drug-likeness (QED) is 0.578. The molecular weight excluding hydrogens is 223 g/mol. The third-order valence-electron chi connectivity index (χ3n) is 2.69. The van der Waals surface area contributed by atoms with Crippen LogP contribution in [0.15, 0.2) is 18.2 Å². The molecule has 1 rings (SSSR count). The molecule has 17 heavy (non-hydrogen) atoms. The second-order valence-electron chi connectivity index (χ2n) is 3.96. The van der Waals surface area contributed by atoms with Crippen molar-refractivity contribution >= 4 is 0 Å². The van der Waals surface area contributed by atoms with Crippen LogP contribution in [0.4, 0.5) is 4.39 Å². The monoisotopic (exact) mass is 242 g/mol. The number of hydrogen-bond donors (Lipinski definition) is 4. The van der Waals surface area contributed by atoms with E-state index in [0.717, 1.165) is 0 Å². The van der Waals surface area contributed by atoms with Gasteiger partial charge in [-0.2, -0.15) is 0 Å². The number of halogens is 1. The van der Waals surface area contributed by atoms with Crippen molar-refractivity contribution in [1.29, 1.82) is 0 Å². The van der Waals surface area contributed by atoms with Crippen LogP contribution < -0.4 is 11.1 Å². The van der Waals surface area contributed by atoms with Crippen molar-refractivity contribution in [2.45, 2.75) is 25.2 Å². The fourth-order valence-electron chi connectivity index (χ4n) is 1.59. The van der Waals surface area contributed by atoms with E-state index in [-0.39, 0.29) is 6.54 Å². The van der Waals surface area contributed by atoms with Gasteiger partial charge in [0, 0.05) is 12.1 Å². The fourth-order valence-corrected chi connectivity index (χ4v) is 1.59. The van der Waals surface area contributed by atoms with Crippen LogP contribution in [0.2, 0.25) is 0 Å². The zero-order valence-corrected chi connectivity index (χ0v) is 9.86. The van der Waals surface area contributed by atoms with Crippen LogP contribution >= 0.6 is 0 Å². The third-order valence-corrected chi connectivity index (χ3v) is 2.69. The average Bonchev–Trinajstić information content (AvgIpc) is 2.34. The van der Waals surface area contributed by atoms with Gasteiger partial charge in [-0.3, -0.25) is 0 Å². The van der Waals surface area contributed by atoms with Gasteiger partial charge in [0.25, 0.3) is 0 Å². The van der Waals surface area contributed by atoms with Crippen LogP contribution in [0.3, 0.4) is 0 Å². The molecule has 2 unspecified atom stereocenters. The first-order valence-electron chi connectivity index (χ1n) is 5.59. The lowest BCUT2D eigenvalue weighted by molar-refractivity contribution is 0.0138. The van der Waals surface area contributed by atoms with Gasteiger partial charge in [0.15, 0.2) is 0 Å². The highest BCUT2D eigenvalue weighted by Gasteiger charge is 2.18. The first-order valence-corrected chi connectivity index (χ1v) is 5.59. The van der Waals surface area contributed by atoms with E-state index in [0.29, 0.717) is 24.1 Å². The maximum atomic E-state index is 13.4. The molecule has 1 aromatic rings. The maximum Gasteiger partial charge on any atom is 0.128 e. The summed E-state index contributed by atoms with van der Waals surface area (Å²) < 4.78 is 13.4. The number of nitrogens with two attached hydrogens (primary N) is 1. The van der Waals surface area contributed by atoms with E-state index in [1.54, 1.807) is 13.1 Å². The maximum absolute atomic E-state index is 13.4. The summed E-state index contributed by atoms with van der Waals surface area (Å²) in [6, 6.07) is 4.33. The van der Waals surface area contributed by atoms with Gasteiger partial charge in [-0.1, -0.05) is 12.1 Å². The van der Waals surface area contributed by atoms with Crippen LogP contribution in [-0.4, -0.2) is 29.9 Å². The Morgan fingerprint density at radius 3 is 2.65 bits per heavy atom. The summed E-state index contributed by atoms with van der Waals surface area (Å²) >= 11 is 0. The average molecular weight is 242 g/mol. The van der Waals surface area contributed by atoms with Gasteiger partial charge in [0.1, 0.15) is 11.9 Å². The van der Waals surface area contributed by atoms with Gasteiger partial charge in [0.05, 0.1) is 6.10 Å². The van der Waals surface area contributed by atoms with Crippen LogP contribution in [0, 0.1) is 5.82 Å². The van der Waals surface area contributed by atoms with Crippen molar-refractivity contribution in [3.63, 3.8) is 0 Å². The Balaban J connectivity index is 2.74. The second-order valence-corrected chi connectivity index (χ2v) is 3.96. The molecule has 0 spiro atoms. The molecule has 0 aliphatic rings. The summed E-state index contributed by atoms with van der Waals surface area (Å²) in [5.41, 5.74) is 6.10. The molecule has 0 aliphatic carbocycles. The van der Waals surface area contributed by atoms with Gasteiger partial charge in [-0.05, 0) is 31.6 Å². The highest BCUT2D eigenvalue weighted by Crippen LogP contribution is 2.21. The number of rotatable bonds is 6. The molecule has 0 saturated heterocycles. The Morgan fingerprint density at radius 1 is 1.41 bits per heavy atom. The number of nitrogens with one attached hydrogen (secondary N) is 1. The van der Waals surface area contributed by atoms with Crippen LogP contribution in [0.5, 0.6) is 0 Å². The van der Waals surface area contributed by atoms with Gasteiger partial charge in [-0.15, -0.1) is 0 Å². The van der Waals surface area contributed by atoms with Crippen molar-refractivity contribution < 1.29 is 14.6 Å². The Morgan fingerprint density at radius 2 is 2.12 bits per heavy atom. The number of hydrogen-bond acceptors (Lipinski definition) is 4. The standard InChI is InChI=1S/C12H19FN2O2/c1-15-5-4-11(16)12(17)8-2-3-9(7-14)10(13)6-8/h2-3,6,11-12,15-17H,4-5,7,14H2,1H3. The molecule has 5 N–H and O–H groups in total. The van der Waals surface area contributed by atoms with Gasteiger partial charge >= 0.3 is 0 Å². The van der Waals surface area contributed by atoms with E-state index in [1.165, 1.54) is 12.1 Å². The zero-order valence-electron chi connectivity index (χ0n) is 9.86. The lowest BCUT2D eigenvalue weighted by atomic mass is 10.0. The van der Waals surface area contributed by atoms with E-state index in [2.05, 4.69) is 5.32 Å².